The Bertz CT molecular complexity index is 675. The van der Waals surface area contributed by atoms with Gasteiger partial charge in [0.25, 0.3) is 18.8 Å². The molecular formula is C16H20F4N4O3. The Labute approximate surface area is 152 Å². The summed E-state index contributed by atoms with van der Waals surface area (Å²) in [6.07, 6.45) is -5.56. The highest BCUT2D eigenvalue weighted by molar-refractivity contribution is 5.97. The van der Waals surface area contributed by atoms with E-state index in [4.69, 9.17) is 10.5 Å². The third-order valence-corrected chi connectivity index (χ3v) is 3.88. The lowest BCUT2D eigenvalue weighted by atomic mass is 10.1. The molecule has 0 radical (unpaired) electrons. The van der Waals surface area contributed by atoms with Gasteiger partial charge < -0.3 is 20.7 Å². The molecule has 1 atom stereocenters. The molecule has 1 aliphatic heterocycles. The average Bonchev–Trinajstić information content (AvgIpc) is 2.62. The maximum atomic E-state index is 13.5. The van der Waals surface area contributed by atoms with E-state index in [2.05, 4.69) is 10.6 Å². The first-order valence-electron chi connectivity index (χ1n) is 8.16. The Morgan fingerprint density at radius 1 is 1.30 bits per heavy atom. The van der Waals surface area contributed by atoms with E-state index in [0.29, 0.717) is 0 Å². The Morgan fingerprint density at radius 2 is 2.04 bits per heavy atom. The van der Waals surface area contributed by atoms with E-state index in [-0.39, 0.29) is 37.7 Å². The summed E-state index contributed by atoms with van der Waals surface area (Å²) in [6, 6.07) is 2.59. The molecule has 1 aromatic rings. The summed E-state index contributed by atoms with van der Waals surface area (Å²) in [5.74, 6) is -1.17. The Morgan fingerprint density at radius 3 is 2.63 bits per heavy atom. The zero-order chi connectivity index (χ0) is 20.0. The van der Waals surface area contributed by atoms with Crippen LogP contribution in [-0.4, -0.2) is 57.1 Å². The van der Waals surface area contributed by atoms with Crippen molar-refractivity contribution in [1.29, 1.82) is 0 Å². The molecule has 0 unspecified atom stereocenters. The summed E-state index contributed by atoms with van der Waals surface area (Å²) in [5.41, 5.74) is 5.02. The van der Waals surface area contributed by atoms with Crippen molar-refractivity contribution in [2.24, 2.45) is 5.73 Å². The zero-order valence-corrected chi connectivity index (χ0v) is 14.3. The van der Waals surface area contributed by atoms with E-state index in [1.165, 1.54) is 17.0 Å². The van der Waals surface area contributed by atoms with Gasteiger partial charge in [-0.1, -0.05) is 0 Å². The molecule has 1 aromatic carbocycles. The van der Waals surface area contributed by atoms with E-state index in [9.17, 15) is 27.2 Å². The van der Waals surface area contributed by atoms with Crippen molar-refractivity contribution < 1.29 is 31.9 Å². The maximum absolute atomic E-state index is 13.5. The van der Waals surface area contributed by atoms with Crippen LogP contribution in [0, 0.1) is 0 Å². The predicted octanol–water partition coefficient (Wildman–Crippen LogP) is 1.11. The van der Waals surface area contributed by atoms with Crippen LogP contribution in [0.2, 0.25) is 0 Å². The van der Waals surface area contributed by atoms with Gasteiger partial charge in [0.2, 0.25) is 5.91 Å². The lowest BCUT2D eigenvalue weighted by molar-refractivity contribution is -0.125. The molecule has 27 heavy (non-hydrogen) atoms. The highest BCUT2D eigenvalue weighted by Gasteiger charge is 2.26. The van der Waals surface area contributed by atoms with Gasteiger partial charge in [-0.2, -0.15) is 0 Å². The molecule has 150 valence electrons. The summed E-state index contributed by atoms with van der Waals surface area (Å²) < 4.78 is 56.4. The van der Waals surface area contributed by atoms with Crippen LogP contribution < -0.4 is 21.3 Å². The van der Waals surface area contributed by atoms with Crippen LogP contribution >= 0.6 is 0 Å². The van der Waals surface area contributed by atoms with E-state index >= 15 is 0 Å². The minimum Gasteiger partial charge on any atom is -0.370 e. The van der Waals surface area contributed by atoms with Crippen LogP contribution in [0.25, 0.3) is 0 Å². The smallest absolute Gasteiger partial charge is 0.265 e. The van der Waals surface area contributed by atoms with Crippen molar-refractivity contribution in [3.8, 4) is 0 Å². The van der Waals surface area contributed by atoms with Gasteiger partial charge >= 0.3 is 0 Å². The van der Waals surface area contributed by atoms with Gasteiger partial charge in [0.15, 0.2) is 0 Å². The summed E-state index contributed by atoms with van der Waals surface area (Å²) in [5, 5.41) is 4.66. The number of halogens is 4. The number of rotatable bonds is 8. The van der Waals surface area contributed by atoms with Crippen molar-refractivity contribution in [2.75, 3.05) is 43.1 Å². The molecule has 1 saturated heterocycles. The molecule has 1 aliphatic rings. The monoisotopic (exact) mass is 392 g/mol. The van der Waals surface area contributed by atoms with Crippen LogP contribution in [0.1, 0.15) is 12.0 Å². The number of nitrogens with zero attached hydrogens (tertiary/aromatic N) is 1. The lowest BCUT2D eigenvalue weighted by Gasteiger charge is -2.29. The Balaban J connectivity index is 2.17. The average molecular weight is 392 g/mol. The molecule has 4 N–H and O–H groups in total. The number of nitrogens with one attached hydrogen (secondary N) is 2. The second-order valence-electron chi connectivity index (χ2n) is 5.75. The number of alkyl halides is 4. The highest BCUT2D eigenvalue weighted by atomic mass is 19.3. The van der Waals surface area contributed by atoms with Gasteiger partial charge in [0, 0.05) is 24.3 Å². The number of benzene rings is 1. The zero-order valence-electron chi connectivity index (χ0n) is 14.3. The van der Waals surface area contributed by atoms with E-state index in [1.807, 2.05) is 0 Å². The predicted molar refractivity (Wildman–Crippen MR) is 90.0 cm³/mol. The number of ether oxygens (including phenoxy) is 1. The minimum absolute atomic E-state index is 0.0301. The Hall–Kier alpha value is -2.24. The summed E-state index contributed by atoms with van der Waals surface area (Å²) in [7, 11) is 0. The standard InChI is InChI=1S/C16H20F4N4O3/c17-13(18)7-22-11(6-21)16(26)23-9-1-2-12(10(5-9)15(19)20)24-3-4-27-8-14(24)25/h1-2,5,11,13,15,22H,3-4,6-8,21H2,(H,23,26)/t11-/m1/s1. The quantitative estimate of drug-likeness (QED) is 0.576. The number of anilines is 2. The van der Waals surface area contributed by atoms with Gasteiger partial charge in [0.05, 0.1) is 24.9 Å². The number of morpholine rings is 1. The van der Waals surface area contributed by atoms with Gasteiger partial charge in [-0.25, -0.2) is 17.6 Å². The van der Waals surface area contributed by atoms with Crippen molar-refractivity contribution in [2.45, 2.75) is 18.9 Å². The number of carbonyl (C=O) groups excluding carboxylic acids is 2. The largest absolute Gasteiger partial charge is 0.370 e. The van der Waals surface area contributed by atoms with Gasteiger partial charge in [-0.3, -0.25) is 14.9 Å². The topological polar surface area (TPSA) is 96.7 Å². The number of nitrogens with two attached hydrogens (primary N) is 1. The SMILES string of the molecule is NC[C@@H](NCC(F)F)C(=O)Nc1ccc(N2CCOCC2=O)c(C(F)F)c1. The summed E-state index contributed by atoms with van der Waals surface area (Å²) in [6.45, 7) is -0.816. The third kappa shape index (κ3) is 5.62. The second kappa shape index (κ2) is 9.62. The molecule has 0 bridgehead atoms. The fourth-order valence-electron chi connectivity index (χ4n) is 2.57. The van der Waals surface area contributed by atoms with Crippen LogP contribution in [0.3, 0.4) is 0 Å². The summed E-state index contributed by atoms with van der Waals surface area (Å²) >= 11 is 0. The van der Waals surface area contributed by atoms with Gasteiger partial charge in [-0.15, -0.1) is 0 Å². The molecule has 0 aliphatic carbocycles. The first kappa shape index (κ1) is 21.1. The van der Waals surface area contributed by atoms with Crippen LogP contribution in [0.15, 0.2) is 18.2 Å². The molecule has 0 saturated carbocycles. The van der Waals surface area contributed by atoms with E-state index < -0.39 is 42.8 Å². The van der Waals surface area contributed by atoms with Crippen LogP contribution in [0.4, 0.5) is 28.9 Å². The lowest BCUT2D eigenvalue weighted by Crippen LogP contribution is -2.47. The first-order chi connectivity index (χ1) is 12.8. The molecule has 2 rings (SSSR count). The number of carbonyl (C=O) groups is 2. The fraction of sp³-hybridized carbons (Fsp3) is 0.500. The Kier molecular flexibility index (Phi) is 7.51. The van der Waals surface area contributed by atoms with Crippen molar-refractivity contribution in [1.82, 2.24) is 5.32 Å². The molecule has 0 aromatic heterocycles. The highest BCUT2D eigenvalue weighted by Crippen LogP contribution is 2.33. The van der Waals surface area contributed by atoms with Crippen LogP contribution in [0.5, 0.6) is 0 Å². The van der Waals surface area contributed by atoms with Crippen molar-refractivity contribution in [3.63, 3.8) is 0 Å². The fourth-order valence-corrected chi connectivity index (χ4v) is 2.57. The normalized spacial score (nSPS) is 16.1. The van der Waals surface area contributed by atoms with Gasteiger partial charge in [-0.05, 0) is 18.2 Å². The number of hydrogen-bond donors (Lipinski definition) is 3. The molecule has 11 heteroatoms. The number of hydrogen-bond acceptors (Lipinski definition) is 5. The molecular weight excluding hydrogens is 372 g/mol. The molecule has 7 nitrogen and oxygen atoms in total. The third-order valence-electron chi connectivity index (χ3n) is 3.88. The van der Waals surface area contributed by atoms with Crippen LogP contribution in [-0.2, 0) is 14.3 Å². The number of amides is 2. The maximum Gasteiger partial charge on any atom is 0.265 e. The van der Waals surface area contributed by atoms with Gasteiger partial charge in [0.1, 0.15) is 6.61 Å². The minimum atomic E-state index is -2.89. The van der Waals surface area contributed by atoms with Crippen molar-refractivity contribution in [3.05, 3.63) is 23.8 Å². The molecule has 0 spiro atoms. The molecule has 2 amide bonds. The van der Waals surface area contributed by atoms with E-state index in [0.717, 1.165) is 6.07 Å². The molecule has 1 heterocycles. The molecule has 1 fully saturated rings. The summed E-state index contributed by atoms with van der Waals surface area (Å²) in [4.78, 5) is 25.2. The first-order valence-corrected chi connectivity index (χ1v) is 8.16. The second-order valence-corrected chi connectivity index (χ2v) is 5.75. The van der Waals surface area contributed by atoms with Crippen molar-refractivity contribution >= 4 is 23.2 Å². The van der Waals surface area contributed by atoms with E-state index in [1.54, 1.807) is 0 Å².